The van der Waals surface area contributed by atoms with Crippen molar-refractivity contribution in [2.75, 3.05) is 17.7 Å². The fourth-order valence-corrected chi connectivity index (χ4v) is 3.90. The fourth-order valence-electron chi connectivity index (χ4n) is 2.72. The smallest absolute Gasteiger partial charge is 0.244 e. The minimum Gasteiger partial charge on any atom is -0.497 e. The zero-order valence-electron chi connectivity index (χ0n) is 15.6. The predicted molar refractivity (Wildman–Crippen MR) is 103 cm³/mol. The van der Waals surface area contributed by atoms with Crippen LogP contribution in [0.25, 0.3) is 0 Å². The Balaban J connectivity index is 2.23. The lowest BCUT2D eigenvalue weighted by atomic mass is 10.1. The molecular formula is C19H23FN2O4S. The monoisotopic (exact) mass is 394 g/mol. The summed E-state index contributed by atoms with van der Waals surface area (Å²) in [5.41, 5.74) is 0.660. The summed E-state index contributed by atoms with van der Waals surface area (Å²) < 4.78 is 44.5. The summed E-state index contributed by atoms with van der Waals surface area (Å²) in [6.45, 7) is 3.20. The van der Waals surface area contributed by atoms with Gasteiger partial charge in [-0.1, -0.05) is 24.3 Å². The minimum atomic E-state index is -3.88. The molecule has 2 aromatic rings. The zero-order chi connectivity index (χ0) is 20.2. The first-order valence-electron chi connectivity index (χ1n) is 8.33. The number of anilines is 1. The first kappa shape index (κ1) is 20.7. The van der Waals surface area contributed by atoms with E-state index < -0.39 is 27.8 Å². The molecule has 2 atom stereocenters. The van der Waals surface area contributed by atoms with Gasteiger partial charge in [0.15, 0.2) is 0 Å². The number of nitrogens with one attached hydrogen (secondary N) is 1. The number of hydrogen-bond acceptors (Lipinski definition) is 4. The fraction of sp³-hybridized carbons (Fsp3) is 0.316. The van der Waals surface area contributed by atoms with Gasteiger partial charge in [-0.15, -0.1) is 0 Å². The Hall–Kier alpha value is -2.61. The van der Waals surface area contributed by atoms with E-state index >= 15 is 0 Å². The van der Waals surface area contributed by atoms with Gasteiger partial charge >= 0.3 is 0 Å². The van der Waals surface area contributed by atoms with Crippen molar-refractivity contribution in [1.82, 2.24) is 5.32 Å². The highest BCUT2D eigenvalue weighted by Crippen LogP contribution is 2.25. The van der Waals surface area contributed by atoms with Crippen molar-refractivity contribution in [3.63, 3.8) is 0 Å². The van der Waals surface area contributed by atoms with Crippen LogP contribution >= 0.6 is 0 Å². The van der Waals surface area contributed by atoms with Gasteiger partial charge in [-0.05, 0) is 43.7 Å². The Morgan fingerprint density at radius 3 is 2.22 bits per heavy atom. The van der Waals surface area contributed by atoms with Gasteiger partial charge in [0.1, 0.15) is 17.6 Å². The third-order valence-corrected chi connectivity index (χ3v) is 5.38. The van der Waals surface area contributed by atoms with Crippen molar-refractivity contribution in [3.8, 4) is 5.75 Å². The molecule has 0 heterocycles. The molecule has 0 aliphatic carbocycles. The second-order valence-corrected chi connectivity index (χ2v) is 8.05. The number of hydrogen-bond donors (Lipinski definition) is 1. The summed E-state index contributed by atoms with van der Waals surface area (Å²) in [4.78, 5) is 12.7. The van der Waals surface area contributed by atoms with Crippen LogP contribution in [0.2, 0.25) is 0 Å². The van der Waals surface area contributed by atoms with E-state index in [2.05, 4.69) is 5.32 Å². The number of carbonyl (C=O) groups excluding carboxylic acids is 1. The number of methoxy groups -OCH3 is 1. The van der Waals surface area contributed by atoms with E-state index in [9.17, 15) is 17.6 Å². The van der Waals surface area contributed by atoms with Crippen LogP contribution in [0.3, 0.4) is 0 Å². The molecule has 0 radical (unpaired) electrons. The molecule has 2 rings (SSSR count). The minimum absolute atomic E-state index is 0.167. The summed E-state index contributed by atoms with van der Waals surface area (Å²) >= 11 is 0. The van der Waals surface area contributed by atoms with E-state index in [1.807, 2.05) is 0 Å². The van der Waals surface area contributed by atoms with Gasteiger partial charge in [-0.2, -0.15) is 0 Å². The molecule has 0 unspecified atom stereocenters. The maximum absolute atomic E-state index is 14.1. The third kappa shape index (κ3) is 4.97. The summed E-state index contributed by atoms with van der Waals surface area (Å²) in [5, 5.41) is 2.77. The molecule has 8 heteroatoms. The van der Waals surface area contributed by atoms with E-state index in [0.29, 0.717) is 5.75 Å². The van der Waals surface area contributed by atoms with Crippen LogP contribution < -0.4 is 14.4 Å². The molecule has 2 aromatic carbocycles. The molecule has 0 fully saturated rings. The summed E-state index contributed by atoms with van der Waals surface area (Å²) in [5.74, 6) is -0.564. The molecule has 0 saturated heterocycles. The number of sulfonamides is 1. The van der Waals surface area contributed by atoms with Crippen molar-refractivity contribution in [3.05, 3.63) is 59.9 Å². The van der Waals surface area contributed by atoms with Crippen molar-refractivity contribution in [2.45, 2.75) is 25.9 Å². The topological polar surface area (TPSA) is 75.7 Å². The van der Waals surface area contributed by atoms with E-state index in [1.54, 1.807) is 38.3 Å². The Bertz CT molecular complexity index is 900. The molecule has 27 heavy (non-hydrogen) atoms. The second kappa shape index (κ2) is 8.39. The summed E-state index contributed by atoms with van der Waals surface area (Å²) in [6, 6.07) is 11.1. The maximum atomic E-state index is 14.1. The first-order valence-corrected chi connectivity index (χ1v) is 10.2. The van der Waals surface area contributed by atoms with Gasteiger partial charge in [0.05, 0.1) is 25.1 Å². The van der Waals surface area contributed by atoms with Gasteiger partial charge in [0, 0.05) is 0 Å². The Labute approximate surface area is 159 Å². The lowest BCUT2D eigenvalue weighted by molar-refractivity contribution is -0.122. The lowest BCUT2D eigenvalue weighted by Gasteiger charge is -2.29. The highest BCUT2D eigenvalue weighted by molar-refractivity contribution is 7.92. The van der Waals surface area contributed by atoms with Crippen LogP contribution in [0.5, 0.6) is 5.75 Å². The van der Waals surface area contributed by atoms with E-state index in [0.717, 1.165) is 22.2 Å². The number of halogens is 1. The van der Waals surface area contributed by atoms with Gasteiger partial charge in [-0.25, -0.2) is 12.8 Å². The van der Waals surface area contributed by atoms with Crippen molar-refractivity contribution >= 4 is 21.6 Å². The van der Waals surface area contributed by atoms with Gasteiger partial charge in [-0.3, -0.25) is 9.10 Å². The van der Waals surface area contributed by atoms with Crippen LogP contribution in [0.4, 0.5) is 10.1 Å². The normalized spacial score (nSPS) is 13.5. The molecule has 1 amide bonds. The second-order valence-electron chi connectivity index (χ2n) is 6.19. The van der Waals surface area contributed by atoms with Crippen LogP contribution in [-0.2, 0) is 14.8 Å². The van der Waals surface area contributed by atoms with E-state index in [-0.39, 0.29) is 11.7 Å². The lowest BCUT2D eigenvalue weighted by Crippen LogP contribution is -2.48. The standard InChI is InChI=1S/C19H23FN2O4S/c1-13(15-9-11-16(26-3)12-10-15)21-19(23)14(2)22(27(4,24)25)18-8-6-5-7-17(18)20/h5-14H,1-4H3,(H,21,23)/t13-,14-/m1/s1. The molecule has 0 bridgehead atoms. The van der Waals surface area contributed by atoms with Crippen LogP contribution in [0.1, 0.15) is 25.5 Å². The molecular weight excluding hydrogens is 371 g/mol. The highest BCUT2D eigenvalue weighted by Gasteiger charge is 2.31. The van der Waals surface area contributed by atoms with Crippen LogP contribution in [0, 0.1) is 5.82 Å². The molecule has 0 aliphatic rings. The Morgan fingerprint density at radius 1 is 1.11 bits per heavy atom. The highest BCUT2D eigenvalue weighted by atomic mass is 32.2. The van der Waals surface area contributed by atoms with Crippen molar-refractivity contribution in [2.24, 2.45) is 0 Å². The Kier molecular flexibility index (Phi) is 6.43. The van der Waals surface area contributed by atoms with Crippen LogP contribution in [0.15, 0.2) is 48.5 Å². The molecule has 1 N–H and O–H groups in total. The molecule has 0 saturated carbocycles. The first-order chi connectivity index (χ1) is 12.6. The van der Waals surface area contributed by atoms with Gasteiger partial charge in [0.2, 0.25) is 15.9 Å². The van der Waals surface area contributed by atoms with Crippen molar-refractivity contribution < 1.29 is 22.3 Å². The zero-order valence-corrected chi connectivity index (χ0v) is 16.5. The SMILES string of the molecule is COc1ccc([C@@H](C)NC(=O)[C@@H](C)N(c2ccccc2F)S(C)(=O)=O)cc1. The average molecular weight is 394 g/mol. The Morgan fingerprint density at radius 2 is 1.70 bits per heavy atom. The molecule has 0 spiro atoms. The quantitative estimate of drug-likeness (QED) is 0.784. The van der Waals surface area contributed by atoms with Gasteiger partial charge in [0.25, 0.3) is 0 Å². The number of carbonyl (C=O) groups is 1. The molecule has 6 nitrogen and oxygen atoms in total. The molecule has 0 aromatic heterocycles. The van der Waals surface area contributed by atoms with Crippen molar-refractivity contribution in [1.29, 1.82) is 0 Å². The largest absolute Gasteiger partial charge is 0.497 e. The average Bonchev–Trinajstić information content (AvgIpc) is 2.62. The summed E-state index contributed by atoms with van der Waals surface area (Å²) in [7, 11) is -2.32. The number of ether oxygens (including phenoxy) is 1. The number of benzene rings is 2. The number of para-hydroxylation sites is 1. The molecule has 146 valence electrons. The maximum Gasteiger partial charge on any atom is 0.244 e. The van der Waals surface area contributed by atoms with Crippen LogP contribution in [-0.4, -0.2) is 33.7 Å². The van der Waals surface area contributed by atoms with E-state index in [4.69, 9.17) is 4.74 Å². The number of amides is 1. The van der Waals surface area contributed by atoms with Gasteiger partial charge < -0.3 is 10.1 Å². The van der Waals surface area contributed by atoms with E-state index in [1.165, 1.54) is 25.1 Å². The summed E-state index contributed by atoms with van der Waals surface area (Å²) in [6.07, 6.45) is 0.941. The number of rotatable bonds is 7. The molecule has 0 aliphatic heterocycles. The third-order valence-electron chi connectivity index (χ3n) is 4.15. The predicted octanol–water partition coefficient (Wildman–Crippen LogP) is 2.87. The number of nitrogens with zero attached hydrogens (tertiary/aromatic N) is 1.